The van der Waals surface area contributed by atoms with Crippen molar-refractivity contribution in [2.75, 3.05) is 78.8 Å². The molecule has 0 amide bonds. The van der Waals surface area contributed by atoms with E-state index in [0.717, 1.165) is 103 Å². The number of hydrogen-bond acceptors (Lipinski definition) is 16. The van der Waals surface area contributed by atoms with E-state index in [1.807, 2.05) is 55.4 Å². The van der Waals surface area contributed by atoms with Gasteiger partial charge in [-0.3, -0.25) is 20.0 Å². The molecule has 0 radical (unpaired) electrons. The molecule has 0 aromatic carbocycles. The molecule has 4 unspecified atom stereocenters. The zero-order valence-corrected chi connectivity index (χ0v) is 47.5. The molecular weight excluding hydrogens is 982 g/mol. The van der Waals surface area contributed by atoms with Crippen LogP contribution in [-0.2, 0) is 51.9 Å². The smallest absolute Gasteiger partial charge is 0.860 e. The molecule has 6 rings (SSSR count). The summed E-state index contributed by atoms with van der Waals surface area (Å²) in [5.41, 5.74) is -7.72. The first-order valence-electron chi connectivity index (χ1n) is 26.2. The van der Waals surface area contributed by atoms with E-state index in [1.165, 1.54) is 0 Å². The van der Waals surface area contributed by atoms with Crippen molar-refractivity contribution in [1.29, 1.82) is 0 Å². The fourth-order valence-corrected chi connectivity index (χ4v) is 8.63. The molecule has 70 heavy (non-hydrogen) atoms. The van der Waals surface area contributed by atoms with Crippen molar-refractivity contribution >= 4 is 23.6 Å². The number of aliphatic imine (C=N–C) groups is 4. The molecule has 0 aromatic rings. The molecule has 6 heterocycles. The molecular formula is C52H96N8Ni2O8. The number of rotatable bonds is 0. The van der Waals surface area contributed by atoms with Crippen LogP contribution < -0.4 is 41.7 Å². The van der Waals surface area contributed by atoms with E-state index < -0.39 is 44.6 Å². The van der Waals surface area contributed by atoms with Gasteiger partial charge in [0.15, 0.2) is 0 Å². The Morgan fingerprint density at radius 1 is 0.286 bits per heavy atom. The maximum Gasteiger partial charge on any atom is 2.00 e. The van der Waals surface area contributed by atoms with E-state index >= 15 is 0 Å². The van der Waals surface area contributed by atoms with E-state index in [-0.39, 0.29) is 82.8 Å². The van der Waals surface area contributed by atoms with Crippen molar-refractivity contribution in [2.24, 2.45) is 20.0 Å². The van der Waals surface area contributed by atoms with Crippen LogP contribution >= 0.6 is 0 Å². The third kappa shape index (κ3) is 24.3. The van der Waals surface area contributed by atoms with Crippen LogP contribution in [-0.4, -0.2) is 147 Å². The van der Waals surface area contributed by atoms with Crippen LogP contribution in [0.3, 0.4) is 0 Å². The van der Waals surface area contributed by atoms with Crippen LogP contribution in [0.2, 0.25) is 0 Å². The Balaban J connectivity index is 0.0000122. The van der Waals surface area contributed by atoms with Crippen LogP contribution in [0.15, 0.2) is 20.0 Å². The second-order valence-electron chi connectivity index (χ2n) is 23.3. The van der Waals surface area contributed by atoms with E-state index in [4.69, 9.17) is 18.9 Å². The molecule has 4 bridgehead atoms. The largest absolute Gasteiger partial charge is 2.00 e. The summed E-state index contributed by atoms with van der Waals surface area (Å²) in [4.78, 5) is 18.6. The summed E-state index contributed by atoms with van der Waals surface area (Å²) < 4.78 is 25.4. The molecule has 18 heteroatoms. The van der Waals surface area contributed by atoms with Gasteiger partial charge in [-0.05, 0) is 132 Å². The van der Waals surface area contributed by atoms with Crippen molar-refractivity contribution < 1.29 is 72.4 Å². The zero-order valence-electron chi connectivity index (χ0n) is 45.5. The minimum atomic E-state index is -1.18. The zero-order chi connectivity index (χ0) is 50.6. The van der Waals surface area contributed by atoms with Gasteiger partial charge in [-0.1, -0.05) is 77.0 Å². The Kier molecular flexibility index (Phi) is 29.3. The monoisotopic (exact) mass is 1080 g/mol. The van der Waals surface area contributed by atoms with Gasteiger partial charge in [0.05, 0.1) is 22.2 Å². The van der Waals surface area contributed by atoms with Crippen molar-refractivity contribution in [3.8, 4) is 0 Å². The molecule has 16 nitrogen and oxygen atoms in total. The van der Waals surface area contributed by atoms with Crippen LogP contribution in [0.4, 0.5) is 0 Å². The standard InChI is InChI=1S/C52H100N8O8.2Ni/c1-45(2)33-53-37-50(10)42(62)58-46(3,4)34-54-38-49(9,41(61)57-45)65-29-25-21-17-13-14-19-23-27-31-67-51(11)39-55-35-48(7,8)60-44(64)52(12,40-56-36-47(5,6)59-43(51)63)68-32-28-24-20-16-15-18-22-26-30-66-50;;/h53-56H,13-40H2,1-12H3,(H,57,61)(H,58,62)(H,59,63)(H,60,64);;/q;2*+2/p-4. The summed E-state index contributed by atoms with van der Waals surface area (Å²) in [5.74, 6) is -1.23. The molecule has 4 atom stereocenters. The molecule has 0 spiro atoms. The van der Waals surface area contributed by atoms with Crippen LogP contribution in [0, 0.1) is 0 Å². The summed E-state index contributed by atoms with van der Waals surface area (Å²) >= 11 is 0. The Bertz CT molecular complexity index is 1400. The molecule has 412 valence electrons. The van der Waals surface area contributed by atoms with Crippen molar-refractivity contribution in [3.05, 3.63) is 0 Å². The fourth-order valence-electron chi connectivity index (χ4n) is 8.63. The third-order valence-corrected chi connectivity index (χ3v) is 13.3. The number of nitrogens with one attached hydrogen (secondary N) is 4. The number of hydrogen-bond donors (Lipinski definition) is 4. The first-order valence-corrected chi connectivity index (χ1v) is 26.2. The van der Waals surface area contributed by atoms with Gasteiger partial charge in [-0.25, -0.2) is 0 Å². The number of nitrogens with zero attached hydrogens (tertiary/aromatic N) is 4. The molecule has 0 saturated carbocycles. The molecule has 0 aliphatic carbocycles. The van der Waals surface area contributed by atoms with Gasteiger partial charge >= 0.3 is 33.0 Å². The van der Waals surface area contributed by atoms with E-state index in [0.29, 0.717) is 52.6 Å². The fraction of sp³-hybridized carbons (Fsp3) is 0.923. The summed E-state index contributed by atoms with van der Waals surface area (Å²) in [7, 11) is 0. The first kappa shape index (κ1) is 66.6. The van der Waals surface area contributed by atoms with Gasteiger partial charge in [0.2, 0.25) is 0 Å². The summed E-state index contributed by atoms with van der Waals surface area (Å²) in [5, 5.41) is 69.1. The van der Waals surface area contributed by atoms with E-state index in [9.17, 15) is 20.4 Å². The maximum absolute atomic E-state index is 13.9. The van der Waals surface area contributed by atoms with Gasteiger partial charge in [0, 0.05) is 78.8 Å². The molecule has 4 N–H and O–H groups in total. The minimum Gasteiger partial charge on any atom is -0.860 e. The van der Waals surface area contributed by atoms with Gasteiger partial charge in [0.1, 0.15) is 22.4 Å². The van der Waals surface area contributed by atoms with Crippen LogP contribution in [0.1, 0.15) is 186 Å². The maximum atomic E-state index is 13.9. The Morgan fingerprint density at radius 3 is 0.614 bits per heavy atom. The molecule has 6 aliphatic rings. The summed E-state index contributed by atoms with van der Waals surface area (Å²) in [6, 6.07) is 0. The Hall–Kier alpha value is -1.45. The summed E-state index contributed by atoms with van der Waals surface area (Å²) in [6.07, 6.45) is 15.8. The Labute approximate surface area is 444 Å². The normalized spacial score (nSPS) is 32.4. The first-order chi connectivity index (χ1) is 31.8. The van der Waals surface area contributed by atoms with Gasteiger partial charge < -0.3 is 60.6 Å². The molecule has 0 saturated heterocycles. The average Bonchev–Trinajstić information content (AvgIpc) is 3.22. The molecule has 0 fully saturated rings. The SMILES string of the molecule is CC1(C)CNCC2(C)OCCCCCCCCCCOC3(C)CNCC(C)(C)N=C([O-])C(C)(CNCC(C)(C)N=C3[O-])OCCCCCCCCCCOC(C)(CNCC(C)(C)N=C2[O-])C([O-])=N1.[Ni+2].[Ni+2]. The average molecular weight is 1080 g/mol. The van der Waals surface area contributed by atoms with Gasteiger partial charge in [-0.2, -0.15) is 0 Å². The van der Waals surface area contributed by atoms with Gasteiger partial charge in [0.25, 0.3) is 0 Å². The van der Waals surface area contributed by atoms with Crippen molar-refractivity contribution in [3.63, 3.8) is 0 Å². The molecule has 0 aromatic heterocycles. The Morgan fingerprint density at radius 2 is 0.443 bits per heavy atom. The number of ether oxygens (including phenoxy) is 4. The summed E-state index contributed by atoms with van der Waals surface area (Å²) in [6.45, 7) is 26.7. The van der Waals surface area contributed by atoms with Crippen molar-refractivity contribution in [2.45, 2.75) is 230 Å². The van der Waals surface area contributed by atoms with Gasteiger partial charge in [-0.15, -0.1) is 0 Å². The molecule has 6 aliphatic heterocycles. The second kappa shape index (κ2) is 30.8. The van der Waals surface area contributed by atoms with E-state index in [2.05, 4.69) is 41.2 Å². The second-order valence-corrected chi connectivity index (χ2v) is 23.3. The minimum absolute atomic E-state index is 0. The predicted octanol–water partition coefficient (Wildman–Crippen LogP) is 3.87. The quantitative estimate of drug-likeness (QED) is 0.254. The van der Waals surface area contributed by atoms with Crippen LogP contribution in [0.5, 0.6) is 0 Å². The van der Waals surface area contributed by atoms with E-state index in [1.54, 1.807) is 27.7 Å². The topological polar surface area (TPSA) is 227 Å². The third-order valence-electron chi connectivity index (χ3n) is 13.3. The van der Waals surface area contributed by atoms with Crippen LogP contribution in [0.25, 0.3) is 0 Å². The van der Waals surface area contributed by atoms with Crippen molar-refractivity contribution in [1.82, 2.24) is 21.3 Å². The predicted molar refractivity (Wildman–Crippen MR) is 269 cm³/mol.